The van der Waals surface area contributed by atoms with Gasteiger partial charge in [0.1, 0.15) is 17.2 Å². The van der Waals surface area contributed by atoms with Crippen LogP contribution in [0.5, 0.6) is 0 Å². The third kappa shape index (κ3) is 3.98. The molecule has 0 spiro atoms. The second-order valence-corrected chi connectivity index (χ2v) is 8.44. The van der Waals surface area contributed by atoms with Gasteiger partial charge in [0.05, 0.1) is 12.0 Å². The van der Waals surface area contributed by atoms with Crippen molar-refractivity contribution in [2.45, 2.75) is 38.8 Å². The Hall–Kier alpha value is -3.65. The zero-order valence-corrected chi connectivity index (χ0v) is 18.3. The summed E-state index contributed by atoms with van der Waals surface area (Å²) in [6.45, 7) is 4.56. The summed E-state index contributed by atoms with van der Waals surface area (Å²) in [5, 5.41) is 15.8. The molecule has 1 aliphatic heterocycles. The molecule has 1 N–H and O–H groups in total. The molecule has 168 valence electrons. The van der Waals surface area contributed by atoms with Gasteiger partial charge in [0.15, 0.2) is 11.6 Å². The lowest BCUT2D eigenvalue weighted by Gasteiger charge is -2.31. The van der Waals surface area contributed by atoms with Gasteiger partial charge in [-0.3, -0.25) is 0 Å². The monoisotopic (exact) mass is 447 g/mol. The smallest absolute Gasteiger partial charge is 0.174 e. The molecule has 3 heterocycles. The van der Waals surface area contributed by atoms with E-state index in [2.05, 4.69) is 21.1 Å². The molecule has 0 aliphatic carbocycles. The van der Waals surface area contributed by atoms with Crippen LogP contribution in [0.3, 0.4) is 0 Å². The molecule has 5 rings (SSSR count). The molecule has 0 saturated carbocycles. The maximum atomic E-state index is 13.8. The van der Waals surface area contributed by atoms with Crippen LogP contribution in [0.15, 0.2) is 48.9 Å². The molecule has 1 atom stereocenters. The Kier molecular flexibility index (Phi) is 5.17. The topological polar surface area (TPSA) is 68.8 Å². The molecule has 0 bridgehead atoms. The average Bonchev–Trinajstić information content (AvgIpc) is 3.38. The minimum Gasteiger partial charge on any atom is -0.377 e. The van der Waals surface area contributed by atoms with Crippen molar-refractivity contribution in [2.24, 2.45) is 0 Å². The Morgan fingerprint density at radius 1 is 1.06 bits per heavy atom. The van der Waals surface area contributed by atoms with Gasteiger partial charge in [0, 0.05) is 24.5 Å². The van der Waals surface area contributed by atoms with Crippen molar-refractivity contribution in [3.63, 3.8) is 0 Å². The quantitative estimate of drug-likeness (QED) is 0.498. The summed E-state index contributed by atoms with van der Waals surface area (Å²) < 4.78 is 31.2. The van der Waals surface area contributed by atoms with Crippen molar-refractivity contribution in [3.05, 3.63) is 94.6 Å². The van der Waals surface area contributed by atoms with E-state index in [1.54, 1.807) is 17.1 Å². The first-order valence-electron chi connectivity index (χ1n) is 10.8. The van der Waals surface area contributed by atoms with Crippen LogP contribution in [0.25, 0.3) is 17.8 Å². The summed E-state index contributed by atoms with van der Waals surface area (Å²) in [6.07, 6.45) is 8.36. The van der Waals surface area contributed by atoms with Crippen molar-refractivity contribution in [1.29, 1.82) is 0 Å². The average molecular weight is 447 g/mol. The van der Waals surface area contributed by atoms with Crippen LogP contribution >= 0.6 is 0 Å². The van der Waals surface area contributed by atoms with Crippen LogP contribution in [0.4, 0.5) is 8.78 Å². The molecular formula is C25H23F2N5O. The van der Waals surface area contributed by atoms with Gasteiger partial charge >= 0.3 is 0 Å². The van der Waals surface area contributed by atoms with Gasteiger partial charge < -0.3 is 9.67 Å². The zero-order valence-electron chi connectivity index (χ0n) is 18.3. The van der Waals surface area contributed by atoms with Crippen LogP contribution < -0.4 is 0 Å². The zero-order chi connectivity index (χ0) is 23.2. The second kappa shape index (κ2) is 8.04. The molecule has 2 aromatic heterocycles. The van der Waals surface area contributed by atoms with Crippen LogP contribution in [0.2, 0.25) is 0 Å². The summed E-state index contributed by atoms with van der Waals surface area (Å²) in [6, 6.07) is 9.16. The number of aromatic nitrogens is 5. The van der Waals surface area contributed by atoms with Gasteiger partial charge in [0.2, 0.25) is 0 Å². The third-order valence-electron chi connectivity index (χ3n) is 5.94. The van der Waals surface area contributed by atoms with Crippen LogP contribution in [0.1, 0.15) is 46.9 Å². The Labute approximate surface area is 189 Å². The first kappa shape index (κ1) is 21.2. The Morgan fingerprint density at radius 2 is 1.85 bits per heavy atom. The van der Waals surface area contributed by atoms with E-state index in [-0.39, 0.29) is 5.56 Å². The molecule has 0 fully saturated rings. The van der Waals surface area contributed by atoms with E-state index in [1.807, 2.05) is 42.8 Å². The van der Waals surface area contributed by atoms with Crippen LogP contribution in [-0.4, -0.2) is 29.4 Å². The Balaban J connectivity index is 1.44. The first-order chi connectivity index (χ1) is 15.8. The molecule has 0 saturated heterocycles. The molecule has 0 unspecified atom stereocenters. The van der Waals surface area contributed by atoms with Crippen LogP contribution in [-0.2, 0) is 12.1 Å². The summed E-state index contributed by atoms with van der Waals surface area (Å²) in [4.78, 5) is 8.78. The number of halogens is 2. The minimum absolute atomic E-state index is 0.143. The number of aryl methyl sites for hydroxylation is 3. The second-order valence-electron chi connectivity index (χ2n) is 8.44. The first-order valence-corrected chi connectivity index (χ1v) is 10.8. The normalized spacial score (nSPS) is 18.1. The highest BCUT2D eigenvalue weighted by Crippen LogP contribution is 2.37. The molecule has 2 aromatic carbocycles. The summed E-state index contributed by atoms with van der Waals surface area (Å²) in [5.74, 6) is -0.755. The van der Waals surface area contributed by atoms with Gasteiger partial charge in [0.25, 0.3) is 0 Å². The molecular weight excluding hydrogens is 424 g/mol. The maximum Gasteiger partial charge on any atom is 0.174 e. The largest absolute Gasteiger partial charge is 0.377 e. The fraction of sp³-hybridized carbons (Fsp3) is 0.240. The van der Waals surface area contributed by atoms with E-state index in [0.717, 1.165) is 40.7 Å². The standard InChI is InChI=1S/C25H23F2N5O/c1-16-10-18(4-6-22(16)31-14-17(2)28-15-31)5-7-23-29-24-25(33,8-3-9-32(24)30-23)19-11-20(26)13-21(27)12-19/h4-7,10-15,33H,3,8-9H2,1-2H3/b7-5+/t25-/m1/s1. The van der Waals surface area contributed by atoms with Crippen molar-refractivity contribution in [2.75, 3.05) is 0 Å². The molecule has 0 radical (unpaired) electrons. The maximum absolute atomic E-state index is 13.8. The number of aliphatic hydroxyl groups is 1. The Morgan fingerprint density at radius 3 is 2.55 bits per heavy atom. The SMILES string of the molecule is Cc1cn(-c2ccc(/C=C/c3nc4n(n3)CCC[C@@]4(O)c3cc(F)cc(F)c3)cc2C)cn1. The van der Waals surface area contributed by atoms with Gasteiger partial charge in [-0.05, 0) is 73.7 Å². The highest BCUT2D eigenvalue weighted by molar-refractivity contribution is 5.68. The number of imidazole rings is 1. The lowest BCUT2D eigenvalue weighted by molar-refractivity contribution is 0.0389. The van der Waals surface area contributed by atoms with Gasteiger partial charge in [-0.15, -0.1) is 0 Å². The number of hydrogen-bond acceptors (Lipinski definition) is 4. The highest BCUT2D eigenvalue weighted by Gasteiger charge is 2.40. The van der Waals surface area contributed by atoms with Crippen molar-refractivity contribution < 1.29 is 13.9 Å². The summed E-state index contributed by atoms with van der Waals surface area (Å²) in [5.41, 5.74) is 2.62. The van der Waals surface area contributed by atoms with E-state index < -0.39 is 17.2 Å². The van der Waals surface area contributed by atoms with Crippen LogP contribution in [0, 0.1) is 25.5 Å². The number of benzene rings is 2. The molecule has 4 aromatic rings. The predicted molar refractivity (Wildman–Crippen MR) is 121 cm³/mol. The number of fused-ring (bicyclic) bond motifs is 1. The Bertz CT molecular complexity index is 1350. The van der Waals surface area contributed by atoms with Gasteiger partial charge in [-0.25, -0.2) is 23.4 Å². The molecule has 8 heteroatoms. The lowest BCUT2D eigenvalue weighted by Crippen LogP contribution is -2.35. The molecule has 0 amide bonds. The summed E-state index contributed by atoms with van der Waals surface area (Å²) in [7, 11) is 0. The molecule has 1 aliphatic rings. The molecule has 33 heavy (non-hydrogen) atoms. The van der Waals surface area contributed by atoms with Gasteiger partial charge in [-0.1, -0.05) is 12.1 Å². The van der Waals surface area contributed by atoms with Crippen molar-refractivity contribution >= 4 is 12.2 Å². The van der Waals surface area contributed by atoms with E-state index in [0.29, 0.717) is 31.0 Å². The third-order valence-corrected chi connectivity index (χ3v) is 5.94. The van der Waals surface area contributed by atoms with E-state index in [4.69, 9.17) is 0 Å². The summed E-state index contributed by atoms with van der Waals surface area (Å²) >= 11 is 0. The fourth-order valence-corrected chi connectivity index (χ4v) is 4.35. The number of rotatable bonds is 4. The predicted octanol–water partition coefficient (Wildman–Crippen LogP) is 4.56. The lowest BCUT2D eigenvalue weighted by atomic mass is 9.86. The van der Waals surface area contributed by atoms with Gasteiger partial charge in [-0.2, -0.15) is 5.10 Å². The van der Waals surface area contributed by atoms with Crippen molar-refractivity contribution in [3.8, 4) is 5.69 Å². The fourth-order valence-electron chi connectivity index (χ4n) is 4.35. The number of hydrogen-bond donors (Lipinski definition) is 1. The highest BCUT2D eigenvalue weighted by atomic mass is 19.1. The van der Waals surface area contributed by atoms with E-state index in [9.17, 15) is 13.9 Å². The number of nitrogens with zero attached hydrogens (tertiary/aromatic N) is 5. The van der Waals surface area contributed by atoms with E-state index >= 15 is 0 Å². The van der Waals surface area contributed by atoms with Crippen molar-refractivity contribution in [1.82, 2.24) is 24.3 Å². The molecule has 6 nitrogen and oxygen atoms in total. The van der Waals surface area contributed by atoms with E-state index in [1.165, 1.54) is 0 Å². The minimum atomic E-state index is -1.60.